The molecule has 4 heteroatoms. The quantitative estimate of drug-likeness (QED) is 0.634. The summed E-state index contributed by atoms with van der Waals surface area (Å²) in [5, 5.41) is 9.77. The number of nitrogens with two attached hydrogens (primary N) is 1. The molecule has 1 fully saturated rings. The first-order valence-corrected chi connectivity index (χ1v) is 4.81. The molecule has 0 unspecified atom stereocenters. The molecule has 0 bridgehead atoms. The topological polar surface area (TPSA) is 66.6 Å². The summed E-state index contributed by atoms with van der Waals surface area (Å²) in [5.74, 6) is 0.0586. The largest absolute Gasteiger partial charge is 0.386 e. The molecule has 0 radical (unpaired) electrons. The Kier molecular flexibility index (Phi) is 3.27. The third-order valence-electron chi connectivity index (χ3n) is 2.40. The van der Waals surface area contributed by atoms with Crippen molar-refractivity contribution in [3.05, 3.63) is 0 Å². The smallest absolute Gasteiger partial charge is 0.224 e. The van der Waals surface area contributed by atoms with E-state index in [1.807, 2.05) is 6.92 Å². The first kappa shape index (κ1) is 10.5. The second-order valence-corrected chi connectivity index (χ2v) is 3.76. The highest BCUT2D eigenvalue weighted by atomic mass is 16.3. The van der Waals surface area contributed by atoms with Crippen molar-refractivity contribution in [2.45, 2.75) is 31.8 Å². The van der Waals surface area contributed by atoms with Gasteiger partial charge in [0, 0.05) is 13.0 Å². The van der Waals surface area contributed by atoms with Crippen LogP contribution in [0.1, 0.15) is 26.2 Å². The Labute approximate surface area is 78.7 Å². The fourth-order valence-corrected chi connectivity index (χ4v) is 1.75. The lowest BCUT2D eigenvalue weighted by Gasteiger charge is -2.46. The monoisotopic (exact) mass is 186 g/mol. The van der Waals surface area contributed by atoms with Crippen LogP contribution in [-0.2, 0) is 4.79 Å². The summed E-state index contributed by atoms with van der Waals surface area (Å²) in [5.41, 5.74) is 4.65. The van der Waals surface area contributed by atoms with Gasteiger partial charge in [0.25, 0.3) is 0 Å². The second kappa shape index (κ2) is 4.07. The zero-order chi connectivity index (χ0) is 9.90. The third-order valence-corrected chi connectivity index (χ3v) is 2.40. The highest BCUT2D eigenvalue weighted by molar-refractivity contribution is 5.77. The van der Waals surface area contributed by atoms with Crippen LogP contribution in [-0.4, -0.2) is 41.1 Å². The third kappa shape index (κ3) is 2.42. The van der Waals surface area contributed by atoms with Crippen LogP contribution < -0.4 is 5.73 Å². The molecule has 0 aromatic rings. The summed E-state index contributed by atoms with van der Waals surface area (Å²) < 4.78 is 0. The number of hydrogen-bond donors (Lipinski definition) is 2. The van der Waals surface area contributed by atoms with E-state index >= 15 is 0 Å². The molecule has 1 heterocycles. The van der Waals surface area contributed by atoms with Crippen LogP contribution in [0.3, 0.4) is 0 Å². The van der Waals surface area contributed by atoms with Crippen molar-refractivity contribution < 1.29 is 9.90 Å². The van der Waals surface area contributed by atoms with E-state index in [9.17, 15) is 9.90 Å². The predicted octanol–water partition coefficient (Wildman–Crippen LogP) is -0.291. The van der Waals surface area contributed by atoms with E-state index in [0.717, 1.165) is 12.8 Å². The summed E-state index contributed by atoms with van der Waals surface area (Å²) in [6.45, 7) is 3.39. The zero-order valence-corrected chi connectivity index (χ0v) is 8.12. The summed E-state index contributed by atoms with van der Waals surface area (Å²) in [6.07, 6.45) is 2.12. The van der Waals surface area contributed by atoms with Crippen LogP contribution in [0.15, 0.2) is 0 Å². The summed E-state index contributed by atoms with van der Waals surface area (Å²) >= 11 is 0. The lowest BCUT2D eigenvalue weighted by Crippen LogP contribution is -2.63. The molecule has 0 atom stereocenters. The van der Waals surface area contributed by atoms with Gasteiger partial charge < -0.3 is 15.7 Å². The molecular weight excluding hydrogens is 168 g/mol. The average Bonchev–Trinajstić information content (AvgIpc) is 2.01. The molecule has 1 rings (SSSR count). The van der Waals surface area contributed by atoms with Crippen molar-refractivity contribution in [1.29, 1.82) is 0 Å². The summed E-state index contributed by atoms with van der Waals surface area (Å²) in [6, 6.07) is 0. The van der Waals surface area contributed by atoms with Crippen molar-refractivity contribution >= 4 is 5.91 Å². The highest BCUT2D eigenvalue weighted by Crippen LogP contribution is 2.25. The summed E-state index contributed by atoms with van der Waals surface area (Å²) in [4.78, 5) is 12.9. The maximum absolute atomic E-state index is 11.3. The van der Waals surface area contributed by atoms with E-state index < -0.39 is 5.60 Å². The first-order chi connectivity index (χ1) is 6.11. The molecule has 1 saturated heterocycles. The number of carbonyl (C=O) groups is 1. The zero-order valence-electron chi connectivity index (χ0n) is 8.12. The van der Waals surface area contributed by atoms with Crippen LogP contribution >= 0.6 is 0 Å². The van der Waals surface area contributed by atoms with Gasteiger partial charge in [-0.05, 0) is 6.42 Å². The Balaban J connectivity index is 2.27. The number of β-amino-alcohol motifs (C(OH)–C–C–N with tert-alkyl or cyclic N) is 1. The lowest BCUT2D eigenvalue weighted by atomic mass is 9.89. The molecule has 13 heavy (non-hydrogen) atoms. The Morgan fingerprint density at radius 3 is 2.69 bits per heavy atom. The fourth-order valence-electron chi connectivity index (χ4n) is 1.75. The van der Waals surface area contributed by atoms with Crippen LogP contribution in [0, 0.1) is 0 Å². The molecule has 1 amide bonds. The van der Waals surface area contributed by atoms with Gasteiger partial charge in [0.05, 0.1) is 18.7 Å². The maximum Gasteiger partial charge on any atom is 0.224 e. The Bertz CT molecular complexity index is 188. The number of likely N-dealkylation sites (tertiary alicyclic amines) is 1. The number of amides is 1. The Morgan fingerprint density at radius 2 is 2.23 bits per heavy atom. The number of aliphatic hydroxyl groups is 1. The van der Waals surface area contributed by atoms with Crippen LogP contribution in [0.2, 0.25) is 0 Å². The summed E-state index contributed by atoms with van der Waals surface area (Å²) in [7, 11) is 0. The molecule has 0 spiro atoms. The van der Waals surface area contributed by atoms with E-state index in [2.05, 4.69) is 0 Å². The minimum Gasteiger partial charge on any atom is -0.386 e. The molecule has 76 valence electrons. The lowest BCUT2D eigenvalue weighted by molar-refractivity contribution is -0.156. The number of rotatable bonds is 4. The van der Waals surface area contributed by atoms with Gasteiger partial charge in [0.15, 0.2) is 0 Å². The molecule has 4 nitrogen and oxygen atoms in total. The van der Waals surface area contributed by atoms with Gasteiger partial charge in [-0.25, -0.2) is 0 Å². The number of hydrogen-bond acceptors (Lipinski definition) is 3. The molecule has 0 saturated carbocycles. The molecular formula is C9H18N2O2. The molecule has 0 aromatic carbocycles. The van der Waals surface area contributed by atoms with Crippen LogP contribution in [0.5, 0.6) is 0 Å². The van der Waals surface area contributed by atoms with E-state index in [1.165, 1.54) is 0 Å². The number of carbonyl (C=O) groups excluding carboxylic acids is 1. The van der Waals surface area contributed by atoms with Crippen molar-refractivity contribution in [3.63, 3.8) is 0 Å². The Morgan fingerprint density at radius 1 is 1.62 bits per heavy atom. The minimum absolute atomic E-state index is 0.0586. The van der Waals surface area contributed by atoms with Gasteiger partial charge in [-0.2, -0.15) is 0 Å². The average molecular weight is 186 g/mol. The predicted molar refractivity (Wildman–Crippen MR) is 50.1 cm³/mol. The normalized spacial score (nSPS) is 19.8. The van der Waals surface area contributed by atoms with Gasteiger partial charge in [-0.3, -0.25) is 4.79 Å². The van der Waals surface area contributed by atoms with Crippen LogP contribution in [0.25, 0.3) is 0 Å². The van der Waals surface area contributed by atoms with Gasteiger partial charge in [-0.15, -0.1) is 0 Å². The fraction of sp³-hybridized carbons (Fsp3) is 0.889. The van der Waals surface area contributed by atoms with Gasteiger partial charge in [-0.1, -0.05) is 13.3 Å². The number of nitrogens with zero attached hydrogens (tertiary/aromatic N) is 1. The minimum atomic E-state index is -0.612. The van der Waals surface area contributed by atoms with Crippen molar-refractivity contribution in [2.75, 3.05) is 19.6 Å². The van der Waals surface area contributed by atoms with E-state index in [4.69, 9.17) is 5.73 Å². The highest BCUT2D eigenvalue weighted by Gasteiger charge is 2.42. The SMILES string of the molecule is CCCC1(O)CN(C(=O)CCN)C1. The van der Waals surface area contributed by atoms with Gasteiger partial charge >= 0.3 is 0 Å². The van der Waals surface area contributed by atoms with E-state index in [-0.39, 0.29) is 5.91 Å². The van der Waals surface area contributed by atoms with Crippen LogP contribution in [0.4, 0.5) is 0 Å². The van der Waals surface area contributed by atoms with E-state index in [0.29, 0.717) is 26.1 Å². The van der Waals surface area contributed by atoms with E-state index in [1.54, 1.807) is 4.90 Å². The molecule has 3 N–H and O–H groups in total. The van der Waals surface area contributed by atoms with Crippen molar-refractivity contribution in [3.8, 4) is 0 Å². The van der Waals surface area contributed by atoms with Crippen molar-refractivity contribution in [1.82, 2.24) is 4.90 Å². The molecule has 1 aliphatic rings. The molecule has 1 aliphatic heterocycles. The second-order valence-electron chi connectivity index (χ2n) is 3.76. The van der Waals surface area contributed by atoms with Crippen molar-refractivity contribution in [2.24, 2.45) is 5.73 Å². The standard InChI is InChI=1S/C9H18N2O2/c1-2-4-9(13)6-11(7-9)8(12)3-5-10/h13H,2-7,10H2,1H3. The van der Waals surface area contributed by atoms with Gasteiger partial charge in [0.1, 0.15) is 0 Å². The molecule has 0 aromatic heterocycles. The Hall–Kier alpha value is -0.610. The first-order valence-electron chi connectivity index (χ1n) is 4.81. The van der Waals surface area contributed by atoms with Gasteiger partial charge in [0.2, 0.25) is 5.91 Å². The molecule has 0 aliphatic carbocycles. The maximum atomic E-state index is 11.3.